The predicted octanol–water partition coefficient (Wildman–Crippen LogP) is 3.09. The summed E-state index contributed by atoms with van der Waals surface area (Å²) in [6.45, 7) is 8.14. The van der Waals surface area contributed by atoms with Gasteiger partial charge in [-0.1, -0.05) is 6.92 Å². The molecule has 86 valence electrons. The summed E-state index contributed by atoms with van der Waals surface area (Å²) in [5.74, 6) is 0. The fraction of sp³-hybridized carbons (Fsp3) is 0.667. The molecule has 1 aromatic heterocycles. The van der Waals surface area contributed by atoms with Crippen molar-refractivity contribution in [2.45, 2.75) is 46.4 Å². The summed E-state index contributed by atoms with van der Waals surface area (Å²) in [5, 5.41) is 3.17. The van der Waals surface area contributed by atoms with Crippen LogP contribution in [0.4, 0.5) is 0 Å². The lowest BCUT2D eigenvalue weighted by Crippen LogP contribution is -2.06. The fourth-order valence-corrected chi connectivity index (χ4v) is 2.40. The Morgan fingerprint density at radius 1 is 1.53 bits per heavy atom. The lowest BCUT2D eigenvalue weighted by atomic mass is 10.2. The highest BCUT2D eigenvalue weighted by atomic mass is 32.1. The van der Waals surface area contributed by atoms with Gasteiger partial charge in [-0.25, -0.2) is 0 Å². The molecule has 1 N–H and O–H groups in total. The molecule has 0 fully saturated rings. The molecule has 0 bridgehead atoms. The van der Waals surface area contributed by atoms with E-state index in [4.69, 9.17) is 4.74 Å². The van der Waals surface area contributed by atoms with Crippen LogP contribution in [0.2, 0.25) is 0 Å². The molecule has 0 radical (unpaired) electrons. The maximum atomic E-state index is 5.74. The maximum Gasteiger partial charge on any atom is 0.0731 e. The van der Waals surface area contributed by atoms with Gasteiger partial charge in [0.1, 0.15) is 0 Å². The number of aryl methyl sites for hydroxylation is 1. The summed E-state index contributed by atoms with van der Waals surface area (Å²) >= 11 is 1.86. The minimum absolute atomic E-state index is 0.358. The molecule has 0 aromatic carbocycles. The first-order valence-corrected chi connectivity index (χ1v) is 6.33. The highest BCUT2D eigenvalue weighted by Gasteiger charge is 2.06. The molecule has 0 saturated heterocycles. The van der Waals surface area contributed by atoms with Gasteiger partial charge in [0.05, 0.1) is 12.7 Å². The molecule has 1 aromatic rings. The zero-order chi connectivity index (χ0) is 11.3. The zero-order valence-corrected chi connectivity index (χ0v) is 10.9. The van der Waals surface area contributed by atoms with Crippen molar-refractivity contribution in [3.63, 3.8) is 0 Å². The molecule has 1 unspecified atom stereocenters. The number of ether oxygens (including phenoxy) is 1. The van der Waals surface area contributed by atoms with E-state index in [9.17, 15) is 0 Å². The quantitative estimate of drug-likeness (QED) is 0.806. The molecule has 0 amide bonds. The predicted molar refractivity (Wildman–Crippen MR) is 66.4 cm³/mol. The maximum absolute atomic E-state index is 5.74. The molecule has 0 aliphatic carbocycles. The molecular formula is C12H21NOS. The van der Waals surface area contributed by atoms with Gasteiger partial charge in [0.15, 0.2) is 0 Å². The van der Waals surface area contributed by atoms with E-state index < -0.39 is 0 Å². The Bertz CT molecular complexity index is 296. The summed E-state index contributed by atoms with van der Waals surface area (Å²) in [6.07, 6.45) is 1.43. The van der Waals surface area contributed by atoms with Crippen molar-refractivity contribution < 1.29 is 4.74 Å². The van der Waals surface area contributed by atoms with E-state index in [1.807, 2.05) is 18.4 Å². The number of hydrogen-bond acceptors (Lipinski definition) is 3. The van der Waals surface area contributed by atoms with Gasteiger partial charge in [-0.2, -0.15) is 0 Å². The van der Waals surface area contributed by atoms with Crippen LogP contribution < -0.4 is 5.32 Å². The smallest absolute Gasteiger partial charge is 0.0731 e. The molecule has 1 rings (SSSR count). The van der Waals surface area contributed by atoms with E-state index in [-0.39, 0.29) is 0 Å². The molecular weight excluding hydrogens is 206 g/mol. The van der Waals surface area contributed by atoms with Gasteiger partial charge >= 0.3 is 0 Å². The van der Waals surface area contributed by atoms with Crippen LogP contribution in [-0.4, -0.2) is 13.2 Å². The molecule has 0 aliphatic rings. The van der Waals surface area contributed by atoms with Gasteiger partial charge in [0.2, 0.25) is 0 Å². The van der Waals surface area contributed by atoms with Crippen LogP contribution in [0.15, 0.2) is 6.07 Å². The Morgan fingerprint density at radius 2 is 2.27 bits per heavy atom. The van der Waals surface area contributed by atoms with Crippen molar-refractivity contribution in [2.75, 3.05) is 7.05 Å². The van der Waals surface area contributed by atoms with Crippen LogP contribution in [0.1, 0.15) is 35.6 Å². The van der Waals surface area contributed by atoms with Crippen molar-refractivity contribution in [1.29, 1.82) is 0 Å². The Morgan fingerprint density at radius 3 is 2.87 bits per heavy atom. The first kappa shape index (κ1) is 12.7. The minimum Gasteiger partial charge on any atom is -0.374 e. The van der Waals surface area contributed by atoms with E-state index in [2.05, 4.69) is 32.2 Å². The molecule has 1 atom stereocenters. The van der Waals surface area contributed by atoms with E-state index in [1.165, 1.54) is 15.3 Å². The van der Waals surface area contributed by atoms with E-state index >= 15 is 0 Å². The van der Waals surface area contributed by atoms with Crippen molar-refractivity contribution in [3.8, 4) is 0 Å². The largest absolute Gasteiger partial charge is 0.374 e. The van der Waals surface area contributed by atoms with Crippen molar-refractivity contribution in [2.24, 2.45) is 0 Å². The summed E-state index contributed by atoms with van der Waals surface area (Å²) in [7, 11) is 1.98. The molecule has 1 heterocycles. The van der Waals surface area contributed by atoms with Crippen LogP contribution in [0.3, 0.4) is 0 Å². The average molecular weight is 227 g/mol. The SMILES string of the molecule is CCC(C)OCc1cc(CNC)sc1C. The summed E-state index contributed by atoms with van der Waals surface area (Å²) in [5.41, 5.74) is 1.34. The van der Waals surface area contributed by atoms with Crippen molar-refractivity contribution in [3.05, 3.63) is 21.4 Å². The standard InChI is InChI=1S/C12H21NOS/c1-5-9(2)14-8-11-6-12(7-13-4)15-10(11)3/h6,9,13H,5,7-8H2,1-4H3. The van der Waals surface area contributed by atoms with E-state index in [1.54, 1.807) is 0 Å². The second-order valence-electron chi connectivity index (χ2n) is 3.85. The second kappa shape index (κ2) is 6.26. The third-order valence-electron chi connectivity index (χ3n) is 2.52. The third-order valence-corrected chi connectivity index (χ3v) is 3.61. The van der Waals surface area contributed by atoms with E-state index in [0.717, 1.165) is 19.6 Å². The van der Waals surface area contributed by atoms with Gasteiger partial charge in [-0.15, -0.1) is 11.3 Å². The van der Waals surface area contributed by atoms with Crippen molar-refractivity contribution >= 4 is 11.3 Å². The molecule has 0 aliphatic heterocycles. The summed E-state index contributed by atoms with van der Waals surface area (Å²) in [4.78, 5) is 2.77. The van der Waals surface area contributed by atoms with Gasteiger partial charge in [-0.3, -0.25) is 0 Å². The van der Waals surface area contributed by atoms with Gasteiger partial charge in [-0.05, 0) is 38.9 Å². The minimum atomic E-state index is 0.358. The lowest BCUT2D eigenvalue weighted by molar-refractivity contribution is 0.0508. The van der Waals surface area contributed by atoms with Crippen LogP contribution in [0, 0.1) is 6.92 Å². The van der Waals surface area contributed by atoms with Crippen LogP contribution in [0.5, 0.6) is 0 Å². The molecule has 3 heteroatoms. The Kier molecular flexibility index (Phi) is 5.29. The lowest BCUT2D eigenvalue weighted by Gasteiger charge is -2.09. The van der Waals surface area contributed by atoms with Gasteiger partial charge in [0, 0.05) is 16.3 Å². The van der Waals surface area contributed by atoms with E-state index in [0.29, 0.717) is 6.10 Å². The van der Waals surface area contributed by atoms with Crippen molar-refractivity contribution in [1.82, 2.24) is 5.32 Å². The second-order valence-corrected chi connectivity index (χ2v) is 5.20. The first-order chi connectivity index (χ1) is 7.17. The summed E-state index contributed by atoms with van der Waals surface area (Å²) < 4.78 is 5.74. The van der Waals surface area contributed by atoms with Gasteiger partial charge in [0.25, 0.3) is 0 Å². The molecule has 15 heavy (non-hydrogen) atoms. The topological polar surface area (TPSA) is 21.3 Å². The highest BCUT2D eigenvalue weighted by Crippen LogP contribution is 2.22. The normalized spacial score (nSPS) is 13.1. The Balaban J connectivity index is 2.53. The highest BCUT2D eigenvalue weighted by molar-refractivity contribution is 7.12. The fourth-order valence-electron chi connectivity index (χ4n) is 1.34. The third kappa shape index (κ3) is 3.93. The number of rotatable bonds is 6. The number of hydrogen-bond donors (Lipinski definition) is 1. The Labute approximate surface area is 96.7 Å². The Hall–Kier alpha value is -0.380. The first-order valence-electron chi connectivity index (χ1n) is 5.51. The monoisotopic (exact) mass is 227 g/mol. The van der Waals surface area contributed by atoms with Crippen LogP contribution in [0.25, 0.3) is 0 Å². The summed E-state index contributed by atoms with van der Waals surface area (Å²) in [6, 6.07) is 2.25. The zero-order valence-electron chi connectivity index (χ0n) is 10.1. The van der Waals surface area contributed by atoms with Crippen LogP contribution >= 0.6 is 11.3 Å². The van der Waals surface area contributed by atoms with Crippen LogP contribution in [-0.2, 0) is 17.9 Å². The molecule has 0 saturated carbocycles. The number of thiophene rings is 1. The average Bonchev–Trinajstić information content (AvgIpc) is 2.56. The molecule has 2 nitrogen and oxygen atoms in total. The molecule has 0 spiro atoms. The number of nitrogens with one attached hydrogen (secondary N) is 1. The van der Waals surface area contributed by atoms with Gasteiger partial charge < -0.3 is 10.1 Å².